The summed E-state index contributed by atoms with van der Waals surface area (Å²) in [5, 5.41) is 7.06. The summed E-state index contributed by atoms with van der Waals surface area (Å²) in [4.78, 5) is 15.2. The topological polar surface area (TPSA) is 67.6 Å². The molecular weight excluding hydrogens is 390 g/mol. The molecule has 1 aromatic heterocycles. The molecule has 0 bridgehead atoms. The molecular formula is C25H29N3O3. The molecule has 3 aromatic rings. The molecule has 0 radical (unpaired) electrons. The molecule has 1 saturated heterocycles. The van der Waals surface area contributed by atoms with E-state index in [-0.39, 0.29) is 11.9 Å². The van der Waals surface area contributed by atoms with Gasteiger partial charge in [-0.15, -0.1) is 0 Å². The highest BCUT2D eigenvalue weighted by molar-refractivity contribution is 5.94. The third-order valence-corrected chi connectivity index (χ3v) is 5.90. The van der Waals surface area contributed by atoms with E-state index in [9.17, 15) is 4.79 Å². The van der Waals surface area contributed by atoms with Crippen LogP contribution in [-0.4, -0.2) is 35.6 Å². The predicted molar refractivity (Wildman–Crippen MR) is 119 cm³/mol. The Morgan fingerprint density at radius 3 is 2.45 bits per heavy atom. The lowest BCUT2D eigenvalue weighted by Gasteiger charge is -2.28. The van der Waals surface area contributed by atoms with E-state index in [4.69, 9.17) is 9.26 Å². The van der Waals surface area contributed by atoms with Gasteiger partial charge in [0.1, 0.15) is 18.1 Å². The van der Waals surface area contributed by atoms with Crippen molar-refractivity contribution in [2.75, 3.05) is 19.6 Å². The first-order valence-corrected chi connectivity index (χ1v) is 10.8. The smallest absolute Gasteiger partial charge is 0.251 e. The maximum atomic E-state index is 12.7. The summed E-state index contributed by atoms with van der Waals surface area (Å²) in [7, 11) is 0. The van der Waals surface area contributed by atoms with Gasteiger partial charge in [0.15, 0.2) is 0 Å². The van der Waals surface area contributed by atoms with Gasteiger partial charge in [0, 0.05) is 12.1 Å². The number of benzene rings is 2. The number of likely N-dealkylation sites (tertiary alicyclic amines) is 1. The average molecular weight is 420 g/mol. The standard InChI is InChI=1S/C25H29N3O3/c1-18-23(19(2)31-27-18)17-30-22-12-10-21(11-13-22)25(29)26-16-24(28-14-6-7-15-28)20-8-4-3-5-9-20/h3-5,8-13,24H,6-7,14-17H2,1-2H3,(H,26,29). The largest absolute Gasteiger partial charge is 0.489 e. The van der Waals surface area contributed by atoms with Gasteiger partial charge in [-0.3, -0.25) is 9.69 Å². The molecule has 4 rings (SSSR count). The first-order valence-electron chi connectivity index (χ1n) is 10.8. The number of amides is 1. The van der Waals surface area contributed by atoms with Crippen molar-refractivity contribution < 1.29 is 14.1 Å². The van der Waals surface area contributed by atoms with Gasteiger partial charge in [0.05, 0.1) is 17.3 Å². The van der Waals surface area contributed by atoms with E-state index in [2.05, 4.69) is 39.6 Å². The van der Waals surface area contributed by atoms with Gasteiger partial charge in [-0.2, -0.15) is 0 Å². The zero-order valence-corrected chi connectivity index (χ0v) is 18.1. The van der Waals surface area contributed by atoms with Crippen molar-refractivity contribution in [1.82, 2.24) is 15.4 Å². The molecule has 6 nitrogen and oxygen atoms in total. The van der Waals surface area contributed by atoms with Gasteiger partial charge in [-0.05, 0) is 69.6 Å². The lowest BCUT2D eigenvalue weighted by Crippen LogP contribution is -2.36. The van der Waals surface area contributed by atoms with Crippen LogP contribution >= 0.6 is 0 Å². The molecule has 1 fully saturated rings. The van der Waals surface area contributed by atoms with E-state index in [0.717, 1.165) is 30.1 Å². The Morgan fingerprint density at radius 1 is 1.10 bits per heavy atom. The van der Waals surface area contributed by atoms with Crippen LogP contribution in [0.5, 0.6) is 5.75 Å². The highest BCUT2D eigenvalue weighted by Gasteiger charge is 2.24. The molecule has 2 aromatic carbocycles. The zero-order valence-electron chi connectivity index (χ0n) is 18.1. The first kappa shape index (κ1) is 21.1. The highest BCUT2D eigenvalue weighted by Crippen LogP contribution is 2.24. The van der Waals surface area contributed by atoms with Crippen molar-refractivity contribution in [1.29, 1.82) is 0 Å². The van der Waals surface area contributed by atoms with E-state index in [1.165, 1.54) is 18.4 Å². The Labute approximate surface area is 183 Å². The molecule has 1 aliphatic heterocycles. The number of nitrogens with one attached hydrogen (secondary N) is 1. The predicted octanol–water partition coefficient (Wildman–Crippen LogP) is 4.44. The minimum Gasteiger partial charge on any atom is -0.489 e. The Hall–Kier alpha value is -3.12. The number of hydrogen-bond acceptors (Lipinski definition) is 5. The molecule has 1 N–H and O–H groups in total. The number of carbonyl (C=O) groups is 1. The normalized spacial score (nSPS) is 15.0. The summed E-state index contributed by atoms with van der Waals surface area (Å²) < 4.78 is 11.0. The quantitative estimate of drug-likeness (QED) is 0.585. The van der Waals surface area contributed by atoms with Gasteiger partial charge in [-0.1, -0.05) is 35.5 Å². The lowest BCUT2D eigenvalue weighted by molar-refractivity contribution is 0.0938. The van der Waals surface area contributed by atoms with Crippen LogP contribution in [0.25, 0.3) is 0 Å². The Balaban J connectivity index is 1.35. The monoisotopic (exact) mass is 419 g/mol. The second-order valence-corrected chi connectivity index (χ2v) is 8.00. The summed E-state index contributed by atoms with van der Waals surface area (Å²) in [5.74, 6) is 1.40. The van der Waals surface area contributed by atoms with Crippen molar-refractivity contribution >= 4 is 5.91 Å². The average Bonchev–Trinajstić information content (AvgIpc) is 3.44. The zero-order chi connectivity index (χ0) is 21.6. The highest BCUT2D eigenvalue weighted by atomic mass is 16.5. The van der Waals surface area contributed by atoms with Crippen LogP contribution in [0.1, 0.15) is 51.8 Å². The SMILES string of the molecule is Cc1noc(C)c1COc1ccc(C(=O)NCC(c2ccccc2)N2CCCC2)cc1. The minimum absolute atomic E-state index is 0.0719. The van der Waals surface area contributed by atoms with E-state index in [1.807, 2.05) is 32.0 Å². The van der Waals surface area contributed by atoms with Crippen LogP contribution in [0, 0.1) is 13.8 Å². The van der Waals surface area contributed by atoms with Crippen molar-refractivity contribution in [2.45, 2.75) is 39.3 Å². The van der Waals surface area contributed by atoms with Crippen LogP contribution in [0.4, 0.5) is 0 Å². The number of rotatable bonds is 8. The number of aryl methyl sites for hydroxylation is 2. The second-order valence-electron chi connectivity index (χ2n) is 8.00. The summed E-state index contributed by atoms with van der Waals surface area (Å²) in [6.07, 6.45) is 2.43. The summed E-state index contributed by atoms with van der Waals surface area (Å²) in [6, 6.07) is 17.9. The molecule has 0 saturated carbocycles. The number of ether oxygens (including phenoxy) is 1. The fraction of sp³-hybridized carbons (Fsp3) is 0.360. The van der Waals surface area contributed by atoms with Crippen LogP contribution in [0.3, 0.4) is 0 Å². The molecule has 162 valence electrons. The van der Waals surface area contributed by atoms with E-state index in [0.29, 0.717) is 24.5 Å². The molecule has 6 heteroatoms. The lowest BCUT2D eigenvalue weighted by atomic mass is 10.1. The molecule has 2 heterocycles. The van der Waals surface area contributed by atoms with Crippen LogP contribution in [-0.2, 0) is 6.61 Å². The van der Waals surface area contributed by atoms with Gasteiger partial charge in [0.25, 0.3) is 5.91 Å². The molecule has 1 atom stereocenters. The van der Waals surface area contributed by atoms with Crippen LogP contribution in [0.15, 0.2) is 59.1 Å². The number of hydrogen-bond donors (Lipinski definition) is 1. The van der Waals surface area contributed by atoms with Crippen LogP contribution in [0.2, 0.25) is 0 Å². The van der Waals surface area contributed by atoms with Gasteiger partial charge < -0.3 is 14.6 Å². The fourth-order valence-electron chi connectivity index (χ4n) is 4.04. The van der Waals surface area contributed by atoms with Crippen molar-refractivity contribution in [2.24, 2.45) is 0 Å². The van der Waals surface area contributed by atoms with Gasteiger partial charge >= 0.3 is 0 Å². The van der Waals surface area contributed by atoms with E-state index < -0.39 is 0 Å². The Bertz CT molecular complexity index is 973. The molecule has 0 spiro atoms. The van der Waals surface area contributed by atoms with Crippen molar-refractivity contribution in [3.63, 3.8) is 0 Å². The van der Waals surface area contributed by atoms with Crippen molar-refractivity contribution in [3.8, 4) is 5.75 Å². The van der Waals surface area contributed by atoms with E-state index >= 15 is 0 Å². The maximum absolute atomic E-state index is 12.7. The molecule has 31 heavy (non-hydrogen) atoms. The Kier molecular flexibility index (Phi) is 6.67. The molecule has 0 aliphatic carbocycles. The summed E-state index contributed by atoms with van der Waals surface area (Å²) >= 11 is 0. The third-order valence-electron chi connectivity index (χ3n) is 5.90. The summed E-state index contributed by atoms with van der Waals surface area (Å²) in [6.45, 7) is 6.90. The van der Waals surface area contributed by atoms with Gasteiger partial charge in [-0.25, -0.2) is 0 Å². The molecule has 1 aliphatic rings. The number of nitrogens with zero attached hydrogens (tertiary/aromatic N) is 2. The van der Waals surface area contributed by atoms with E-state index in [1.54, 1.807) is 12.1 Å². The van der Waals surface area contributed by atoms with Crippen LogP contribution < -0.4 is 10.1 Å². The minimum atomic E-state index is -0.0719. The molecule has 1 unspecified atom stereocenters. The first-order chi connectivity index (χ1) is 15.1. The Morgan fingerprint density at radius 2 is 1.81 bits per heavy atom. The fourth-order valence-corrected chi connectivity index (χ4v) is 4.04. The maximum Gasteiger partial charge on any atom is 0.251 e. The third kappa shape index (κ3) is 5.14. The number of carbonyl (C=O) groups excluding carboxylic acids is 1. The second kappa shape index (κ2) is 9.79. The summed E-state index contributed by atoms with van der Waals surface area (Å²) in [5.41, 5.74) is 3.65. The number of aromatic nitrogens is 1. The van der Waals surface area contributed by atoms with Gasteiger partial charge in [0.2, 0.25) is 0 Å². The molecule has 1 amide bonds. The van der Waals surface area contributed by atoms with Crippen molar-refractivity contribution in [3.05, 3.63) is 82.7 Å².